The molecule has 1 aliphatic rings. The molecule has 0 amide bonds. The molecule has 2 N–H and O–H groups in total. The summed E-state index contributed by atoms with van der Waals surface area (Å²) in [6, 6.07) is 6.68. The van der Waals surface area contributed by atoms with Crippen molar-refractivity contribution in [3.8, 4) is 5.75 Å². The van der Waals surface area contributed by atoms with Crippen LogP contribution in [0.3, 0.4) is 0 Å². The fourth-order valence-corrected chi connectivity index (χ4v) is 3.37. The van der Waals surface area contributed by atoms with Crippen molar-refractivity contribution < 1.29 is 13.2 Å². The predicted molar refractivity (Wildman–Crippen MR) is 65.8 cm³/mol. The number of para-hydroxylation sites is 1. The summed E-state index contributed by atoms with van der Waals surface area (Å²) in [4.78, 5) is 0.256. The smallest absolute Gasteiger partial charge is 0.182 e. The third kappa shape index (κ3) is 2.79. The average Bonchev–Trinajstić information content (AvgIpc) is 3.06. The minimum atomic E-state index is -3.30. The van der Waals surface area contributed by atoms with Crippen molar-refractivity contribution in [3.05, 3.63) is 24.3 Å². The average molecular weight is 255 g/mol. The summed E-state index contributed by atoms with van der Waals surface area (Å²) in [5.41, 5.74) is 5.67. The molecule has 0 spiro atoms. The molecule has 0 saturated heterocycles. The van der Waals surface area contributed by atoms with Crippen LogP contribution in [-0.4, -0.2) is 26.8 Å². The van der Waals surface area contributed by atoms with Crippen LogP contribution in [0.4, 0.5) is 0 Å². The van der Waals surface area contributed by atoms with E-state index in [-0.39, 0.29) is 16.2 Å². The second-order valence-electron chi connectivity index (χ2n) is 4.58. The molecule has 0 unspecified atom stereocenters. The van der Waals surface area contributed by atoms with E-state index in [0.29, 0.717) is 12.2 Å². The third-order valence-corrected chi connectivity index (χ3v) is 4.91. The summed E-state index contributed by atoms with van der Waals surface area (Å²) >= 11 is 0. The van der Waals surface area contributed by atoms with Gasteiger partial charge >= 0.3 is 0 Å². The zero-order valence-corrected chi connectivity index (χ0v) is 10.7. The largest absolute Gasteiger partial charge is 0.495 e. The molecule has 0 atom stereocenters. The van der Waals surface area contributed by atoms with Crippen molar-refractivity contribution in [2.75, 3.05) is 12.9 Å². The van der Waals surface area contributed by atoms with Crippen LogP contribution >= 0.6 is 0 Å². The second kappa shape index (κ2) is 4.31. The Balaban J connectivity index is 2.18. The van der Waals surface area contributed by atoms with E-state index in [9.17, 15) is 8.42 Å². The molecule has 0 aliphatic heterocycles. The monoisotopic (exact) mass is 255 g/mol. The van der Waals surface area contributed by atoms with E-state index in [4.69, 9.17) is 10.5 Å². The number of ether oxygens (including phenoxy) is 1. The molecule has 1 saturated carbocycles. The number of sulfone groups is 1. The first kappa shape index (κ1) is 12.4. The summed E-state index contributed by atoms with van der Waals surface area (Å²) in [5.74, 6) is 0.485. The fraction of sp³-hybridized carbons (Fsp3) is 0.500. The Kier molecular flexibility index (Phi) is 3.14. The maximum atomic E-state index is 12.2. The van der Waals surface area contributed by atoms with Crippen LogP contribution in [0.25, 0.3) is 0 Å². The molecule has 1 aromatic rings. The van der Waals surface area contributed by atoms with Crippen LogP contribution in [0, 0.1) is 0 Å². The van der Waals surface area contributed by atoms with Crippen LogP contribution in [0.1, 0.15) is 19.3 Å². The lowest BCUT2D eigenvalue weighted by atomic mass is 10.2. The summed E-state index contributed by atoms with van der Waals surface area (Å²) < 4.78 is 29.4. The van der Waals surface area contributed by atoms with Crippen molar-refractivity contribution >= 4 is 9.84 Å². The van der Waals surface area contributed by atoms with Gasteiger partial charge in [0, 0.05) is 5.54 Å². The van der Waals surface area contributed by atoms with Gasteiger partial charge in [0.2, 0.25) is 0 Å². The van der Waals surface area contributed by atoms with Gasteiger partial charge in [-0.25, -0.2) is 8.42 Å². The first-order valence-electron chi connectivity index (χ1n) is 5.62. The van der Waals surface area contributed by atoms with Crippen LogP contribution in [0.2, 0.25) is 0 Å². The molecule has 0 heterocycles. The molecule has 0 bridgehead atoms. The van der Waals surface area contributed by atoms with Crippen molar-refractivity contribution in [1.82, 2.24) is 0 Å². The molecule has 1 fully saturated rings. The van der Waals surface area contributed by atoms with Crippen molar-refractivity contribution in [1.29, 1.82) is 0 Å². The van der Waals surface area contributed by atoms with E-state index in [2.05, 4.69) is 0 Å². The Labute approximate surface area is 102 Å². The first-order valence-corrected chi connectivity index (χ1v) is 7.27. The highest BCUT2D eigenvalue weighted by Crippen LogP contribution is 2.37. The van der Waals surface area contributed by atoms with Gasteiger partial charge in [0.15, 0.2) is 9.84 Å². The van der Waals surface area contributed by atoms with Gasteiger partial charge in [-0.05, 0) is 31.4 Å². The summed E-state index contributed by atoms with van der Waals surface area (Å²) in [5, 5.41) is 0. The van der Waals surface area contributed by atoms with Crippen molar-refractivity contribution in [2.45, 2.75) is 29.7 Å². The number of methoxy groups -OCH3 is 1. The fourth-order valence-electron chi connectivity index (χ4n) is 1.73. The molecule has 0 radical (unpaired) electrons. The van der Waals surface area contributed by atoms with E-state index in [1.807, 2.05) is 0 Å². The summed E-state index contributed by atoms with van der Waals surface area (Å²) in [6.45, 7) is 0. The molecule has 2 rings (SSSR count). The number of nitrogens with two attached hydrogens (primary N) is 1. The van der Waals surface area contributed by atoms with Crippen LogP contribution in [0.5, 0.6) is 5.75 Å². The Morgan fingerprint density at radius 2 is 2.00 bits per heavy atom. The Bertz CT molecular complexity index is 506. The normalized spacial score (nSPS) is 17.8. The number of rotatable bonds is 5. The maximum absolute atomic E-state index is 12.2. The van der Waals surface area contributed by atoms with Gasteiger partial charge in [-0.3, -0.25) is 0 Å². The van der Waals surface area contributed by atoms with Crippen molar-refractivity contribution in [2.24, 2.45) is 5.73 Å². The third-order valence-electron chi connectivity index (χ3n) is 3.17. The molecule has 94 valence electrons. The minimum absolute atomic E-state index is 0.0872. The highest BCUT2D eigenvalue weighted by Gasteiger charge is 2.39. The molecule has 1 aromatic carbocycles. The van der Waals surface area contributed by atoms with Crippen LogP contribution < -0.4 is 10.5 Å². The van der Waals surface area contributed by atoms with Gasteiger partial charge in [-0.15, -0.1) is 0 Å². The zero-order valence-electron chi connectivity index (χ0n) is 9.85. The molecule has 4 nitrogen and oxygen atoms in total. The van der Waals surface area contributed by atoms with E-state index >= 15 is 0 Å². The first-order chi connectivity index (χ1) is 7.97. The van der Waals surface area contributed by atoms with Crippen LogP contribution in [0.15, 0.2) is 29.2 Å². The molecule has 5 heteroatoms. The lowest BCUT2D eigenvalue weighted by molar-refractivity contribution is 0.402. The van der Waals surface area contributed by atoms with Gasteiger partial charge in [0.05, 0.1) is 12.9 Å². The Hall–Kier alpha value is -1.07. The zero-order chi connectivity index (χ0) is 12.5. The topological polar surface area (TPSA) is 69.4 Å². The second-order valence-corrected chi connectivity index (χ2v) is 6.66. The highest BCUT2D eigenvalue weighted by molar-refractivity contribution is 7.91. The minimum Gasteiger partial charge on any atom is -0.495 e. The molecule has 0 aromatic heterocycles. The molecule has 17 heavy (non-hydrogen) atoms. The standard InChI is InChI=1S/C12H17NO3S/c1-16-10-4-2-3-5-11(10)17(14,15)9-8-12(13)6-7-12/h2-5H,6-9,13H2,1H3. The number of benzene rings is 1. The highest BCUT2D eigenvalue weighted by atomic mass is 32.2. The van der Waals surface area contributed by atoms with Crippen LogP contribution in [-0.2, 0) is 9.84 Å². The lowest BCUT2D eigenvalue weighted by Crippen LogP contribution is -2.25. The van der Waals surface area contributed by atoms with E-state index in [1.165, 1.54) is 7.11 Å². The Morgan fingerprint density at radius 3 is 2.59 bits per heavy atom. The molecule has 1 aliphatic carbocycles. The summed E-state index contributed by atoms with van der Waals surface area (Å²) in [6.07, 6.45) is 2.37. The number of hydrogen-bond acceptors (Lipinski definition) is 4. The Morgan fingerprint density at radius 1 is 1.35 bits per heavy atom. The quantitative estimate of drug-likeness (QED) is 0.862. The van der Waals surface area contributed by atoms with Gasteiger partial charge in [-0.1, -0.05) is 12.1 Å². The van der Waals surface area contributed by atoms with E-state index in [1.54, 1.807) is 24.3 Å². The van der Waals surface area contributed by atoms with Gasteiger partial charge in [0.1, 0.15) is 10.6 Å². The SMILES string of the molecule is COc1ccccc1S(=O)(=O)CCC1(N)CC1. The lowest BCUT2D eigenvalue weighted by Gasteiger charge is -2.11. The van der Waals surface area contributed by atoms with E-state index < -0.39 is 9.84 Å². The van der Waals surface area contributed by atoms with Crippen molar-refractivity contribution in [3.63, 3.8) is 0 Å². The van der Waals surface area contributed by atoms with Gasteiger partial charge in [-0.2, -0.15) is 0 Å². The predicted octanol–water partition coefficient (Wildman–Crippen LogP) is 1.35. The summed E-state index contributed by atoms with van der Waals surface area (Å²) in [7, 11) is -1.83. The van der Waals surface area contributed by atoms with Gasteiger partial charge < -0.3 is 10.5 Å². The molecular weight excluding hydrogens is 238 g/mol. The number of hydrogen-bond donors (Lipinski definition) is 1. The maximum Gasteiger partial charge on any atom is 0.182 e. The van der Waals surface area contributed by atoms with E-state index in [0.717, 1.165) is 12.8 Å². The van der Waals surface area contributed by atoms with Gasteiger partial charge in [0.25, 0.3) is 0 Å². The molecular formula is C12H17NO3S.